The topological polar surface area (TPSA) is 63.6 Å². The van der Waals surface area contributed by atoms with Gasteiger partial charge in [0.15, 0.2) is 0 Å². The van der Waals surface area contributed by atoms with Crippen LogP contribution in [0.1, 0.15) is 34.8 Å². The number of rotatable bonds is 6. The molecule has 0 saturated carbocycles. The molecular formula is C13H15BrO4. The van der Waals surface area contributed by atoms with Gasteiger partial charge in [-0.3, -0.25) is 4.79 Å². The van der Waals surface area contributed by atoms with Crippen LogP contribution in [0.2, 0.25) is 0 Å². The monoisotopic (exact) mass is 314 g/mol. The molecule has 0 spiro atoms. The molecule has 1 N–H and O–H groups in total. The van der Waals surface area contributed by atoms with Crippen LogP contribution < -0.4 is 0 Å². The summed E-state index contributed by atoms with van der Waals surface area (Å²) in [6.45, 7) is 2.04. The highest BCUT2D eigenvalue weighted by molar-refractivity contribution is 9.08. The normalized spacial score (nSPS) is 10.1. The first-order valence-electron chi connectivity index (χ1n) is 5.65. The standard InChI is InChI=1S/C13H15BrO4/c1-2-18-13(17)12-9(6-7-11(15)16)4-3-5-10(12)8-14/h3-5H,2,6-8H2,1H3,(H,15,16). The summed E-state index contributed by atoms with van der Waals surface area (Å²) < 4.78 is 5.01. The Bertz CT molecular complexity index is 443. The van der Waals surface area contributed by atoms with Crippen molar-refractivity contribution in [1.29, 1.82) is 0 Å². The van der Waals surface area contributed by atoms with E-state index in [9.17, 15) is 9.59 Å². The minimum Gasteiger partial charge on any atom is -0.481 e. The van der Waals surface area contributed by atoms with Gasteiger partial charge in [0.2, 0.25) is 0 Å². The number of carbonyl (C=O) groups excluding carboxylic acids is 1. The summed E-state index contributed by atoms with van der Waals surface area (Å²) in [6.07, 6.45) is 0.322. The minimum absolute atomic E-state index is 0.00184. The number of carboxylic acids is 1. The summed E-state index contributed by atoms with van der Waals surface area (Å²) in [4.78, 5) is 22.5. The first kappa shape index (κ1) is 14.7. The lowest BCUT2D eigenvalue weighted by Gasteiger charge is -2.11. The summed E-state index contributed by atoms with van der Waals surface area (Å²) in [5.41, 5.74) is 2.02. The Kier molecular flexibility index (Phi) is 5.85. The molecule has 5 heteroatoms. The van der Waals surface area contributed by atoms with Crippen molar-refractivity contribution in [2.45, 2.75) is 25.1 Å². The summed E-state index contributed by atoms with van der Waals surface area (Å²) in [6, 6.07) is 5.41. The number of carboxylic acid groups (broad SMARTS) is 1. The van der Waals surface area contributed by atoms with Gasteiger partial charge in [-0.05, 0) is 24.5 Å². The lowest BCUT2D eigenvalue weighted by atomic mass is 9.98. The molecule has 0 aliphatic carbocycles. The highest BCUT2D eigenvalue weighted by Gasteiger charge is 2.17. The zero-order valence-corrected chi connectivity index (χ0v) is 11.7. The van der Waals surface area contributed by atoms with E-state index < -0.39 is 11.9 Å². The van der Waals surface area contributed by atoms with E-state index in [1.165, 1.54) is 0 Å². The molecule has 0 heterocycles. The molecule has 0 amide bonds. The molecule has 98 valence electrons. The first-order chi connectivity index (χ1) is 8.60. The average molecular weight is 315 g/mol. The maximum Gasteiger partial charge on any atom is 0.338 e. The smallest absolute Gasteiger partial charge is 0.338 e. The van der Waals surface area contributed by atoms with Crippen LogP contribution in [0.15, 0.2) is 18.2 Å². The Hall–Kier alpha value is -1.36. The maximum atomic E-state index is 11.9. The Morgan fingerprint density at radius 2 is 2.00 bits per heavy atom. The van der Waals surface area contributed by atoms with Crippen molar-refractivity contribution in [2.75, 3.05) is 6.61 Å². The number of ether oxygens (including phenoxy) is 1. The van der Waals surface area contributed by atoms with E-state index in [1.54, 1.807) is 13.0 Å². The van der Waals surface area contributed by atoms with Crippen LogP contribution in [-0.4, -0.2) is 23.7 Å². The average Bonchev–Trinajstić information content (AvgIpc) is 2.35. The highest BCUT2D eigenvalue weighted by Crippen LogP contribution is 2.20. The minimum atomic E-state index is -0.881. The Balaban J connectivity index is 3.07. The molecule has 0 aromatic heterocycles. The van der Waals surface area contributed by atoms with Crippen molar-refractivity contribution < 1.29 is 19.4 Å². The second-order valence-electron chi connectivity index (χ2n) is 3.70. The van der Waals surface area contributed by atoms with Gasteiger partial charge in [-0.15, -0.1) is 0 Å². The number of aryl methyl sites for hydroxylation is 1. The molecule has 0 aliphatic rings. The van der Waals surface area contributed by atoms with Gasteiger partial charge in [-0.25, -0.2) is 4.79 Å². The molecule has 1 rings (SSSR count). The molecule has 0 bridgehead atoms. The fourth-order valence-electron chi connectivity index (χ4n) is 1.68. The summed E-state index contributed by atoms with van der Waals surface area (Å²) in [5, 5.41) is 9.24. The number of carbonyl (C=O) groups is 2. The third kappa shape index (κ3) is 3.84. The Morgan fingerprint density at radius 3 is 2.56 bits per heavy atom. The van der Waals surface area contributed by atoms with E-state index >= 15 is 0 Å². The zero-order chi connectivity index (χ0) is 13.5. The number of benzene rings is 1. The lowest BCUT2D eigenvalue weighted by Crippen LogP contribution is -2.12. The Labute approximate surface area is 114 Å². The van der Waals surface area contributed by atoms with Crippen molar-refractivity contribution in [2.24, 2.45) is 0 Å². The molecule has 1 aromatic rings. The van der Waals surface area contributed by atoms with Gasteiger partial charge in [-0.1, -0.05) is 34.1 Å². The number of halogens is 1. The lowest BCUT2D eigenvalue weighted by molar-refractivity contribution is -0.136. The Morgan fingerprint density at radius 1 is 1.33 bits per heavy atom. The summed E-state index contributed by atoms with van der Waals surface area (Å²) in [5.74, 6) is -1.28. The van der Waals surface area contributed by atoms with Crippen LogP contribution in [-0.2, 0) is 21.3 Å². The van der Waals surface area contributed by atoms with Crippen molar-refractivity contribution in [3.8, 4) is 0 Å². The van der Waals surface area contributed by atoms with E-state index in [2.05, 4.69) is 15.9 Å². The van der Waals surface area contributed by atoms with Gasteiger partial charge >= 0.3 is 11.9 Å². The number of alkyl halides is 1. The van der Waals surface area contributed by atoms with Crippen LogP contribution >= 0.6 is 15.9 Å². The van der Waals surface area contributed by atoms with Crippen LogP contribution in [0.4, 0.5) is 0 Å². The second kappa shape index (κ2) is 7.16. The number of aliphatic carboxylic acids is 1. The zero-order valence-electron chi connectivity index (χ0n) is 10.1. The molecule has 0 fully saturated rings. The molecule has 0 aliphatic heterocycles. The molecular weight excluding hydrogens is 300 g/mol. The molecule has 4 nitrogen and oxygen atoms in total. The maximum absolute atomic E-state index is 11.9. The van der Waals surface area contributed by atoms with E-state index in [-0.39, 0.29) is 6.42 Å². The quantitative estimate of drug-likeness (QED) is 0.648. The van der Waals surface area contributed by atoms with Gasteiger partial charge < -0.3 is 9.84 Å². The highest BCUT2D eigenvalue weighted by atomic mass is 79.9. The second-order valence-corrected chi connectivity index (χ2v) is 4.26. The van der Waals surface area contributed by atoms with E-state index in [0.29, 0.717) is 29.5 Å². The van der Waals surface area contributed by atoms with Crippen molar-refractivity contribution >= 4 is 27.9 Å². The predicted octanol–water partition coefficient (Wildman–Crippen LogP) is 2.78. The SMILES string of the molecule is CCOC(=O)c1c(CBr)cccc1CCC(=O)O. The fraction of sp³-hybridized carbons (Fsp3) is 0.385. The third-order valence-corrected chi connectivity index (χ3v) is 3.07. The van der Waals surface area contributed by atoms with Gasteiger partial charge in [0, 0.05) is 11.8 Å². The van der Waals surface area contributed by atoms with Gasteiger partial charge in [0.05, 0.1) is 12.2 Å². The third-order valence-electron chi connectivity index (χ3n) is 2.47. The van der Waals surface area contributed by atoms with Crippen molar-refractivity contribution in [1.82, 2.24) is 0 Å². The van der Waals surface area contributed by atoms with Crippen LogP contribution in [0.25, 0.3) is 0 Å². The van der Waals surface area contributed by atoms with Gasteiger partial charge in [0.1, 0.15) is 0 Å². The van der Waals surface area contributed by atoms with Crippen molar-refractivity contribution in [3.63, 3.8) is 0 Å². The van der Waals surface area contributed by atoms with Crippen molar-refractivity contribution in [3.05, 3.63) is 34.9 Å². The van der Waals surface area contributed by atoms with E-state index in [1.807, 2.05) is 12.1 Å². The number of esters is 1. The van der Waals surface area contributed by atoms with Crippen LogP contribution in [0.5, 0.6) is 0 Å². The van der Waals surface area contributed by atoms with E-state index in [4.69, 9.17) is 9.84 Å². The molecule has 0 saturated heterocycles. The predicted molar refractivity (Wildman–Crippen MR) is 71.0 cm³/mol. The number of hydrogen-bond donors (Lipinski definition) is 1. The summed E-state index contributed by atoms with van der Waals surface area (Å²) >= 11 is 3.32. The molecule has 18 heavy (non-hydrogen) atoms. The van der Waals surface area contributed by atoms with E-state index in [0.717, 1.165) is 5.56 Å². The van der Waals surface area contributed by atoms with Crippen LogP contribution in [0, 0.1) is 0 Å². The number of hydrogen-bond acceptors (Lipinski definition) is 3. The van der Waals surface area contributed by atoms with Gasteiger partial charge in [0.25, 0.3) is 0 Å². The van der Waals surface area contributed by atoms with Crippen LogP contribution in [0.3, 0.4) is 0 Å². The molecule has 1 aromatic carbocycles. The first-order valence-corrected chi connectivity index (χ1v) is 6.78. The largest absolute Gasteiger partial charge is 0.481 e. The molecule has 0 radical (unpaired) electrons. The molecule has 0 unspecified atom stereocenters. The fourth-order valence-corrected chi connectivity index (χ4v) is 2.15. The molecule has 0 atom stereocenters. The van der Waals surface area contributed by atoms with Gasteiger partial charge in [-0.2, -0.15) is 0 Å². The summed E-state index contributed by atoms with van der Waals surface area (Å²) in [7, 11) is 0.